The number of carboxylic acid groups (broad SMARTS) is 1. The first-order chi connectivity index (χ1) is 5.91. The fourth-order valence-corrected chi connectivity index (χ4v) is 1.41. The average molecular weight is 197 g/mol. The van der Waals surface area contributed by atoms with Crippen molar-refractivity contribution in [3.8, 4) is 0 Å². The van der Waals surface area contributed by atoms with Crippen molar-refractivity contribution < 1.29 is 23.1 Å². The van der Waals surface area contributed by atoms with Crippen molar-refractivity contribution in [2.24, 2.45) is 5.92 Å². The third-order valence-corrected chi connectivity index (χ3v) is 2.13. The standard InChI is InChI=1S/C7H10F3NO2/c8-7(9,10)11-3-1-2-5(4-11)6(12)13/h5H,1-4H2,(H,12,13). The SMILES string of the molecule is O=C(O)C1CCCN(C(F)(F)F)C1. The van der Waals surface area contributed by atoms with Crippen molar-refractivity contribution in [1.29, 1.82) is 0 Å². The number of hydrogen-bond donors (Lipinski definition) is 1. The van der Waals surface area contributed by atoms with E-state index >= 15 is 0 Å². The number of piperidine rings is 1. The van der Waals surface area contributed by atoms with Crippen LogP contribution in [0.25, 0.3) is 0 Å². The van der Waals surface area contributed by atoms with Crippen molar-refractivity contribution >= 4 is 5.97 Å². The largest absolute Gasteiger partial charge is 0.481 e. The number of alkyl halides is 3. The lowest BCUT2D eigenvalue weighted by molar-refractivity contribution is -0.253. The van der Waals surface area contributed by atoms with Gasteiger partial charge in [0, 0.05) is 13.1 Å². The summed E-state index contributed by atoms with van der Waals surface area (Å²) in [6.45, 7) is -0.508. The lowest BCUT2D eigenvalue weighted by atomic mass is 9.99. The minimum atomic E-state index is -4.39. The van der Waals surface area contributed by atoms with E-state index in [9.17, 15) is 18.0 Å². The maximum Gasteiger partial charge on any atom is 0.459 e. The average Bonchev–Trinajstić information content (AvgIpc) is 2.03. The molecule has 0 radical (unpaired) electrons. The van der Waals surface area contributed by atoms with E-state index < -0.39 is 24.7 Å². The van der Waals surface area contributed by atoms with Gasteiger partial charge >= 0.3 is 12.3 Å². The molecule has 1 unspecified atom stereocenters. The van der Waals surface area contributed by atoms with Crippen molar-refractivity contribution in [3.63, 3.8) is 0 Å². The topological polar surface area (TPSA) is 40.5 Å². The normalized spacial score (nSPS) is 25.9. The molecule has 0 aromatic carbocycles. The summed E-state index contributed by atoms with van der Waals surface area (Å²) >= 11 is 0. The third kappa shape index (κ3) is 2.58. The van der Waals surface area contributed by atoms with E-state index in [-0.39, 0.29) is 17.9 Å². The molecular weight excluding hydrogens is 187 g/mol. The van der Waals surface area contributed by atoms with Crippen LogP contribution in [0.15, 0.2) is 0 Å². The fraction of sp³-hybridized carbons (Fsp3) is 0.857. The van der Waals surface area contributed by atoms with E-state index in [1.807, 2.05) is 0 Å². The number of carboxylic acids is 1. The molecule has 6 heteroatoms. The lowest BCUT2D eigenvalue weighted by Crippen LogP contribution is -2.46. The number of likely N-dealkylation sites (tertiary alicyclic amines) is 1. The van der Waals surface area contributed by atoms with Gasteiger partial charge in [0.25, 0.3) is 0 Å². The molecule has 0 saturated carbocycles. The molecule has 13 heavy (non-hydrogen) atoms. The van der Waals surface area contributed by atoms with Crippen LogP contribution < -0.4 is 0 Å². The maximum atomic E-state index is 12.1. The molecule has 0 bridgehead atoms. The zero-order valence-electron chi connectivity index (χ0n) is 6.84. The van der Waals surface area contributed by atoms with Crippen LogP contribution in [0.5, 0.6) is 0 Å². The van der Waals surface area contributed by atoms with Crippen molar-refractivity contribution in [2.75, 3.05) is 13.1 Å². The van der Waals surface area contributed by atoms with E-state index in [4.69, 9.17) is 5.11 Å². The molecule has 1 rings (SSSR count). The van der Waals surface area contributed by atoms with Crippen molar-refractivity contribution in [3.05, 3.63) is 0 Å². The number of aliphatic carboxylic acids is 1. The second-order valence-electron chi connectivity index (χ2n) is 3.09. The van der Waals surface area contributed by atoms with Crippen LogP contribution in [-0.2, 0) is 4.79 Å². The Hall–Kier alpha value is -0.780. The van der Waals surface area contributed by atoms with Gasteiger partial charge in [-0.05, 0) is 12.8 Å². The van der Waals surface area contributed by atoms with Crippen LogP contribution in [0.2, 0.25) is 0 Å². The fourth-order valence-electron chi connectivity index (χ4n) is 1.41. The molecule has 1 saturated heterocycles. The Morgan fingerprint density at radius 1 is 1.46 bits per heavy atom. The first-order valence-electron chi connectivity index (χ1n) is 3.96. The highest BCUT2D eigenvalue weighted by Crippen LogP contribution is 2.27. The highest BCUT2D eigenvalue weighted by Gasteiger charge is 2.41. The summed E-state index contributed by atoms with van der Waals surface area (Å²) in [5.41, 5.74) is 0. The molecule has 1 aliphatic heterocycles. The number of rotatable bonds is 1. The van der Waals surface area contributed by atoms with Crippen molar-refractivity contribution in [2.45, 2.75) is 19.1 Å². The molecule has 1 fully saturated rings. The summed E-state index contributed by atoms with van der Waals surface area (Å²) in [6.07, 6.45) is -3.77. The highest BCUT2D eigenvalue weighted by molar-refractivity contribution is 5.70. The zero-order chi connectivity index (χ0) is 10.1. The molecule has 0 aliphatic carbocycles. The van der Waals surface area contributed by atoms with E-state index in [0.717, 1.165) is 0 Å². The van der Waals surface area contributed by atoms with Gasteiger partial charge in [-0.25, -0.2) is 4.90 Å². The monoisotopic (exact) mass is 197 g/mol. The zero-order valence-corrected chi connectivity index (χ0v) is 6.84. The lowest BCUT2D eigenvalue weighted by Gasteiger charge is -2.31. The highest BCUT2D eigenvalue weighted by atomic mass is 19.4. The van der Waals surface area contributed by atoms with Gasteiger partial charge in [-0.1, -0.05) is 0 Å². The Morgan fingerprint density at radius 2 is 2.08 bits per heavy atom. The first-order valence-corrected chi connectivity index (χ1v) is 3.96. The summed E-state index contributed by atoms with van der Waals surface area (Å²) in [5, 5.41) is 8.53. The quantitative estimate of drug-likeness (QED) is 0.644. The van der Waals surface area contributed by atoms with Gasteiger partial charge in [-0.15, -0.1) is 0 Å². The molecule has 76 valence electrons. The molecule has 0 aromatic rings. The van der Waals surface area contributed by atoms with E-state index in [1.54, 1.807) is 0 Å². The van der Waals surface area contributed by atoms with Crippen LogP contribution in [0, 0.1) is 5.92 Å². The van der Waals surface area contributed by atoms with Crippen molar-refractivity contribution in [1.82, 2.24) is 4.90 Å². The Morgan fingerprint density at radius 3 is 2.54 bits per heavy atom. The third-order valence-electron chi connectivity index (χ3n) is 2.13. The van der Waals surface area contributed by atoms with Gasteiger partial charge in [0.05, 0.1) is 5.92 Å². The summed E-state index contributed by atoms with van der Waals surface area (Å²) in [5.74, 6) is -2.02. The van der Waals surface area contributed by atoms with Crippen LogP contribution in [-0.4, -0.2) is 35.4 Å². The van der Waals surface area contributed by atoms with Crippen LogP contribution in [0.3, 0.4) is 0 Å². The summed E-state index contributed by atoms with van der Waals surface area (Å²) < 4.78 is 36.3. The van der Waals surface area contributed by atoms with E-state index in [0.29, 0.717) is 6.42 Å². The van der Waals surface area contributed by atoms with Crippen LogP contribution in [0.1, 0.15) is 12.8 Å². The molecule has 1 atom stereocenters. The summed E-state index contributed by atoms with van der Waals surface area (Å²) in [4.78, 5) is 10.7. The van der Waals surface area contributed by atoms with Gasteiger partial charge < -0.3 is 5.11 Å². The molecule has 3 nitrogen and oxygen atoms in total. The number of halogens is 3. The molecule has 1 N–H and O–H groups in total. The number of hydrogen-bond acceptors (Lipinski definition) is 2. The molecular formula is C7H10F3NO2. The molecule has 0 aromatic heterocycles. The van der Waals surface area contributed by atoms with E-state index in [1.165, 1.54) is 0 Å². The molecule has 1 heterocycles. The second kappa shape index (κ2) is 3.53. The Labute approximate surface area is 73.1 Å². The van der Waals surface area contributed by atoms with Gasteiger partial charge in [0.2, 0.25) is 0 Å². The summed E-state index contributed by atoms with van der Waals surface area (Å²) in [6, 6.07) is 0. The second-order valence-corrected chi connectivity index (χ2v) is 3.09. The minimum absolute atomic E-state index is 0.0900. The Kier molecular flexibility index (Phi) is 2.80. The Balaban J connectivity index is 2.57. The summed E-state index contributed by atoms with van der Waals surface area (Å²) in [7, 11) is 0. The van der Waals surface area contributed by atoms with Crippen LogP contribution >= 0.6 is 0 Å². The van der Waals surface area contributed by atoms with Gasteiger partial charge in [-0.3, -0.25) is 4.79 Å². The molecule has 0 spiro atoms. The Bertz CT molecular complexity index is 204. The van der Waals surface area contributed by atoms with Crippen LogP contribution in [0.4, 0.5) is 13.2 Å². The number of nitrogens with zero attached hydrogens (tertiary/aromatic N) is 1. The smallest absolute Gasteiger partial charge is 0.459 e. The molecule has 1 aliphatic rings. The van der Waals surface area contributed by atoms with Gasteiger partial charge in [0.15, 0.2) is 0 Å². The first kappa shape index (κ1) is 10.3. The minimum Gasteiger partial charge on any atom is -0.481 e. The predicted octanol–water partition coefficient (Wildman–Crippen LogP) is 1.30. The van der Waals surface area contributed by atoms with Gasteiger partial charge in [-0.2, -0.15) is 13.2 Å². The number of carbonyl (C=O) groups is 1. The maximum absolute atomic E-state index is 12.1. The van der Waals surface area contributed by atoms with E-state index in [2.05, 4.69) is 0 Å². The molecule has 0 amide bonds. The van der Waals surface area contributed by atoms with Gasteiger partial charge in [0.1, 0.15) is 0 Å². The predicted molar refractivity (Wildman–Crippen MR) is 38.0 cm³/mol.